The van der Waals surface area contributed by atoms with Crippen molar-refractivity contribution in [3.63, 3.8) is 0 Å². The molecule has 0 heterocycles. The van der Waals surface area contributed by atoms with E-state index in [9.17, 15) is 8.42 Å². The van der Waals surface area contributed by atoms with Crippen molar-refractivity contribution < 1.29 is 13.0 Å². The second-order valence-electron chi connectivity index (χ2n) is 8.17. The van der Waals surface area contributed by atoms with Crippen LogP contribution in [0.4, 0.5) is 0 Å². The van der Waals surface area contributed by atoms with Crippen LogP contribution in [0.5, 0.6) is 0 Å². The summed E-state index contributed by atoms with van der Waals surface area (Å²) in [6.07, 6.45) is 20.3. The molecular formula is C21H45NNaO3S. The van der Waals surface area contributed by atoms with Crippen LogP contribution in [0, 0.1) is 5.92 Å². The summed E-state index contributed by atoms with van der Waals surface area (Å²) in [5.74, 6) is 0.676. The zero-order valence-corrected chi connectivity index (χ0v) is 21.3. The molecule has 0 amide bonds. The average molecular weight is 415 g/mol. The monoisotopic (exact) mass is 414 g/mol. The van der Waals surface area contributed by atoms with E-state index in [-0.39, 0.29) is 35.3 Å². The van der Waals surface area contributed by atoms with E-state index in [1.165, 1.54) is 89.9 Å². The summed E-state index contributed by atoms with van der Waals surface area (Å²) >= 11 is 0. The SMILES string of the molecule is CC(C)CCCCCCCCCCCCCCCCNCCS(=O)(=O)O.[Na]. The summed E-state index contributed by atoms with van der Waals surface area (Å²) in [5, 5.41) is 3.05. The first-order chi connectivity index (χ1) is 12.4. The summed E-state index contributed by atoms with van der Waals surface area (Å²) < 4.78 is 29.7. The summed E-state index contributed by atoms with van der Waals surface area (Å²) in [5.41, 5.74) is 0. The number of hydrogen-bond donors (Lipinski definition) is 2. The fourth-order valence-corrected chi connectivity index (χ4v) is 3.65. The van der Waals surface area contributed by atoms with Crippen molar-refractivity contribution in [1.82, 2.24) is 5.32 Å². The van der Waals surface area contributed by atoms with Crippen molar-refractivity contribution in [2.75, 3.05) is 18.8 Å². The van der Waals surface area contributed by atoms with Gasteiger partial charge in [0.25, 0.3) is 10.1 Å². The topological polar surface area (TPSA) is 66.4 Å². The first kappa shape index (κ1) is 30.1. The van der Waals surface area contributed by atoms with Crippen LogP contribution in [0.3, 0.4) is 0 Å². The van der Waals surface area contributed by atoms with Crippen molar-refractivity contribution in [2.24, 2.45) is 5.92 Å². The molecule has 0 atom stereocenters. The molecule has 0 unspecified atom stereocenters. The molecule has 0 fully saturated rings. The maximum absolute atomic E-state index is 10.5. The van der Waals surface area contributed by atoms with Crippen LogP contribution >= 0.6 is 0 Å². The van der Waals surface area contributed by atoms with Crippen LogP contribution in [0.2, 0.25) is 0 Å². The van der Waals surface area contributed by atoms with E-state index in [4.69, 9.17) is 4.55 Å². The second kappa shape index (κ2) is 21.6. The van der Waals surface area contributed by atoms with Crippen LogP contribution in [0.1, 0.15) is 110 Å². The van der Waals surface area contributed by atoms with E-state index in [1.54, 1.807) is 0 Å². The molecule has 0 spiro atoms. The summed E-state index contributed by atoms with van der Waals surface area (Å²) in [6.45, 7) is 5.81. The van der Waals surface area contributed by atoms with E-state index in [2.05, 4.69) is 19.2 Å². The first-order valence-electron chi connectivity index (χ1n) is 11.1. The van der Waals surface area contributed by atoms with Crippen molar-refractivity contribution in [2.45, 2.75) is 110 Å². The first-order valence-corrected chi connectivity index (χ1v) is 12.7. The van der Waals surface area contributed by atoms with Crippen LogP contribution in [0.15, 0.2) is 0 Å². The molecule has 1 radical (unpaired) electrons. The fraction of sp³-hybridized carbons (Fsp3) is 1.00. The Morgan fingerprint density at radius 2 is 1.04 bits per heavy atom. The molecule has 159 valence electrons. The van der Waals surface area contributed by atoms with Gasteiger partial charge in [-0.15, -0.1) is 0 Å². The maximum atomic E-state index is 10.5. The van der Waals surface area contributed by atoms with Gasteiger partial charge in [-0.2, -0.15) is 8.42 Å². The molecule has 0 saturated heterocycles. The zero-order valence-electron chi connectivity index (χ0n) is 18.5. The molecule has 0 aromatic rings. The van der Waals surface area contributed by atoms with Gasteiger partial charge in [0.05, 0.1) is 5.75 Å². The molecule has 27 heavy (non-hydrogen) atoms. The van der Waals surface area contributed by atoms with Crippen LogP contribution in [-0.4, -0.2) is 61.4 Å². The Bertz CT molecular complexity index is 389. The van der Waals surface area contributed by atoms with Gasteiger partial charge in [-0.05, 0) is 18.9 Å². The van der Waals surface area contributed by atoms with Gasteiger partial charge >= 0.3 is 0 Å². The van der Waals surface area contributed by atoms with Gasteiger partial charge in [-0.25, -0.2) is 0 Å². The third-order valence-electron chi connectivity index (χ3n) is 4.92. The Labute approximate surface area is 192 Å². The zero-order chi connectivity index (χ0) is 19.5. The van der Waals surface area contributed by atoms with Crippen molar-refractivity contribution >= 4 is 39.7 Å². The van der Waals surface area contributed by atoms with Crippen LogP contribution in [0.25, 0.3) is 0 Å². The summed E-state index contributed by atoms with van der Waals surface area (Å²) in [7, 11) is -3.81. The molecule has 2 N–H and O–H groups in total. The van der Waals surface area contributed by atoms with Gasteiger partial charge in [0.1, 0.15) is 0 Å². The minimum atomic E-state index is -3.81. The minimum Gasteiger partial charge on any atom is -0.316 e. The van der Waals surface area contributed by atoms with Gasteiger partial charge in [-0.3, -0.25) is 4.55 Å². The van der Waals surface area contributed by atoms with Gasteiger partial charge in [-0.1, -0.05) is 104 Å². The molecule has 0 aromatic carbocycles. The summed E-state index contributed by atoms with van der Waals surface area (Å²) in [4.78, 5) is 0. The largest absolute Gasteiger partial charge is 0.316 e. The quantitative estimate of drug-likeness (QED) is 0.155. The van der Waals surface area contributed by atoms with Gasteiger partial charge in [0.2, 0.25) is 0 Å². The molecule has 6 heteroatoms. The van der Waals surface area contributed by atoms with E-state index in [1.807, 2.05) is 0 Å². The van der Waals surface area contributed by atoms with E-state index >= 15 is 0 Å². The molecule has 0 bridgehead atoms. The van der Waals surface area contributed by atoms with Gasteiger partial charge in [0, 0.05) is 36.1 Å². The van der Waals surface area contributed by atoms with Crippen molar-refractivity contribution in [3.05, 3.63) is 0 Å². The van der Waals surface area contributed by atoms with E-state index in [0.717, 1.165) is 18.9 Å². The fourth-order valence-electron chi connectivity index (χ4n) is 3.25. The van der Waals surface area contributed by atoms with Crippen LogP contribution in [-0.2, 0) is 10.1 Å². The van der Waals surface area contributed by atoms with Crippen molar-refractivity contribution in [3.8, 4) is 0 Å². The number of rotatable bonds is 20. The Morgan fingerprint density at radius 1 is 0.667 bits per heavy atom. The molecule has 0 rings (SSSR count). The standard InChI is InChI=1S/C21H45NO3S.Na/c1-21(2)17-15-13-11-9-7-5-3-4-6-8-10-12-14-16-18-22-19-20-26(23,24)25;/h21-22H,3-20H2,1-2H3,(H,23,24,25);. The number of hydrogen-bond acceptors (Lipinski definition) is 3. The van der Waals surface area contributed by atoms with E-state index < -0.39 is 10.1 Å². The maximum Gasteiger partial charge on any atom is 0.266 e. The Morgan fingerprint density at radius 3 is 1.41 bits per heavy atom. The van der Waals surface area contributed by atoms with Crippen LogP contribution < -0.4 is 5.32 Å². The molecule has 0 aliphatic carbocycles. The third kappa shape index (κ3) is 29.2. The molecule has 0 aliphatic rings. The average Bonchev–Trinajstić information content (AvgIpc) is 2.55. The Hall–Kier alpha value is 0.870. The molecule has 0 aliphatic heterocycles. The van der Waals surface area contributed by atoms with Gasteiger partial charge in [0.15, 0.2) is 0 Å². The van der Waals surface area contributed by atoms with Crippen molar-refractivity contribution in [1.29, 1.82) is 0 Å². The third-order valence-corrected chi connectivity index (χ3v) is 5.64. The minimum absolute atomic E-state index is 0. The molecule has 0 aromatic heterocycles. The predicted molar refractivity (Wildman–Crippen MR) is 119 cm³/mol. The Kier molecular flexibility index (Phi) is 24.0. The molecular weight excluding hydrogens is 369 g/mol. The number of unbranched alkanes of at least 4 members (excludes halogenated alkanes) is 13. The second-order valence-corrected chi connectivity index (χ2v) is 9.74. The molecule has 4 nitrogen and oxygen atoms in total. The molecule has 0 saturated carbocycles. The normalized spacial score (nSPS) is 11.7. The smallest absolute Gasteiger partial charge is 0.266 e. The van der Waals surface area contributed by atoms with E-state index in [0.29, 0.717) is 6.54 Å². The van der Waals surface area contributed by atoms with Gasteiger partial charge < -0.3 is 5.32 Å². The predicted octanol–water partition coefficient (Wildman–Crippen LogP) is 5.59. The summed E-state index contributed by atoms with van der Waals surface area (Å²) in [6, 6.07) is 0. The Balaban J connectivity index is 0. The number of nitrogens with one attached hydrogen (secondary N) is 1.